The summed E-state index contributed by atoms with van der Waals surface area (Å²) in [6.07, 6.45) is 4.00. The SMILES string of the molecule is Cc1ccc2c3c1c1c4c(cc[n+]1C)nccc4n3c1nc3ccccc3n21. The molecule has 0 N–H and O–H groups in total. The first-order chi connectivity index (χ1) is 13.7. The van der Waals surface area contributed by atoms with Crippen LogP contribution in [-0.4, -0.2) is 18.8 Å². The molecular formula is C23H16N5+. The van der Waals surface area contributed by atoms with Crippen LogP contribution in [-0.2, 0) is 7.05 Å². The number of hydrogen-bond donors (Lipinski definition) is 0. The van der Waals surface area contributed by atoms with E-state index in [2.05, 4.69) is 81.0 Å². The van der Waals surface area contributed by atoms with Crippen LogP contribution in [0.1, 0.15) is 5.56 Å². The molecule has 0 spiro atoms. The zero-order valence-corrected chi connectivity index (χ0v) is 15.5. The summed E-state index contributed by atoms with van der Waals surface area (Å²) in [4.78, 5) is 9.65. The summed E-state index contributed by atoms with van der Waals surface area (Å²) in [5, 5.41) is 2.45. The molecule has 0 fully saturated rings. The first-order valence-corrected chi connectivity index (χ1v) is 9.43. The van der Waals surface area contributed by atoms with Crippen LogP contribution in [0.5, 0.6) is 0 Å². The molecule has 0 aliphatic carbocycles. The van der Waals surface area contributed by atoms with Gasteiger partial charge in [0.2, 0.25) is 11.3 Å². The van der Waals surface area contributed by atoms with Gasteiger partial charge in [-0.1, -0.05) is 18.2 Å². The number of fused-ring (bicyclic) bond motifs is 7. The predicted octanol–water partition coefficient (Wildman–Crippen LogP) is 4.17. The predicted molar refractivity (Wildman–Crippen MR) is 111 cm³/mol. The number of rotatable bonds is 0. The molecule has 132 valence electrons. The molecule has 2 aromatic carbocycles. The van der Waals surface area contributed by atoms with Crippen LogP contribution >= 0.6 is 0 Å². The number of aromatic nitrogens is 5. The summed E-state index contributed by atoms with van der Waals surface area (Å²) in [6.45, 7) is 2.19. The Hall–Kier alpha value is -3.73. The maximum absolute atomic E-state index is 5.01. The van der Waals surface area contributed by atoms with E-state index >= 15 is 0 Å². The van der Waals surface area contributed by atoms with Crippen LogP contribution < -0.4 is 4.57 Å². The van der Waals surface area contributed by atoms with E-state index in [1.165, 1.54) is 32.9 Å². The fraction of sp³-hybridized carbons (Fsp3) is 0.0870. The van der Waals surface area contributed by atoms with Crippen LogP contribution in [0.25, 0.3) is 55.2 Å². The number of aryl methyl sites for hydroxylation is 2. The molecule has 5 aromatic heterocycles. The topological polar surface area (TPSA) is 38.5 Å². The normalized spacial score (nSPS) is 12.6. The van der Waals surface area contributed by atoms with E-state index in [4.69, 9.17) is 4.98 Å². The van der Waals surface area contributed by atoms with Crippen LogP contribution in [0.3, 0.4) is 0 Å². The van der Waals surface area contributed by atoms with Gasteiger partial charge in [0, 0.05) is 12.3 Å². The molecular weight excluding hydrogens is 346 g/mol. The number of nitrogens with zero attached hydrogens (tertiary/aromatic N) is 5. The van der Waals surface area contributed by atoms with Crippen molar-refractivity contribution in [3.05, 3.63) is 66.5 Å². The third kappa shape index (κ3) is 1.45. The van der Waals surface area contributed by atoms with E-state index in [0.717, 1.165) is 27.8 Å². The summed E-state index contributed by atoms with van der Waals surface area (Å²) in [5.74, 6) is 0.952. The smallest absolute Gasteiger partial charge is 0.226 e. The molecule has 5 heterocycles. The monoisotopic (exact) mass is 362 g/mol. The molecule has 5 heteroatoms. The molecule has 0 amide bonds. The van der Waals surface area contributed by atoms with Gasteiger partial charge in [-0.3, -0.25) is 13.8 Å². The summed E-state index contributed by atoms with van der Waals surface area (Å²) >= 11 is 0. The lowest BCUT2D eigenvalue weighted by atomic mass is 10.0. The second kappa shape index (κ2) is 4.57. The minimum atomic E-state index is 0.952. The van der Waals surface area contributed by atoms with Crippen molar-refractivity contribution >= 4 is 55.2 Å². The second-order valence-electron chi connectivity index (χ2n) is 7.56. The van der Waals surface area contributed by atoms with E-state index < -0.39 is 0 Å². The average Bonchev–Trinajstić information content (AvgIpc) is 3.24. The van der Waals surface area contributed by atoms with E-state index in [1.807, 2.05) is 12.3 Å². The molecule has 0 radical (unpaired) electrons. The first kappa shape index (κ1) is 14.3. The van der Waals surface area contributed by atoms with Crippen molar-refractivity contribution in [1.82, 2.24) is 18.8 Å². The number of pyridine rings is 3. The van der Waals surface area contributed by atoms with Crippen molar-refractivity contribution < 1.29 is 4.57 Å². The van der Waals surface area contributed by atoms with Crippen LogP contribution in [0.2, 0.25) is 0 Å². The lowest BCUT2D eigenvalue weighted by Gasteiger charge is -2.11. The molecule has 5 nitrogen and oxygen atoms in total. The lowest BCUT2D eigenvalue weighted by Crippen LogP contribution is -2.29. The van der Waals surface area contributed by atoms with E-state index in [0.29, 0.717) is 0 Å². The Bertz CT molecular complexity index is 1740. The average molecular weight is 362 g/mol. The largest absolute Gasteiger partial charge is 0.276 e. The van der Waals surface area contributed by atoms with Gasteiger partial charge >= 0.3 is 0 Å². The van der Waals surface area contributed by atoms with Gasteiger partial charge in [0.1, 0.15) is 7.05 Å². The Morgan fingerprint density at radius 1 is 0.821 bits per heavy atom. The Labute approximate surface area is 159 Å². The van der Waals surface area contributed by atoms with Crippen molar-refractivity contribution in [3.8, 4) is 0 Å². The molecule has 0 saturated heterocycles. The van der Waals surface area contributed by atoms with Crippen molar-refractivity contribution in [2.45, 2.75) is 6.92 Å². The maximum atomic E-state index is 5.01. The van der Waals surface area contributed by atoms with Gasteiger partial charge in [-0.2, -0.15) is 0 Å². The minimum absolute atomic E-state index is 0.952. The number of para-hydroxylation sites is 2. The molecule has 0 bridgehead atoms. The van der Waals surface area contributed by atoms with Gasteiger partial charge in [0.05, 0.1) is 43.9 Å². The molecule has 0 saturated carbocycles. The standard InChI is InChI=1S/C23H16N5/c1-13-7-8-18-21-19(13)22-20-15(10-12-26(22)2)24-11-9-17(20)28(21)23-25-14-5-3-4-6-16(14)27(18)23/h3-12H,1-2H3/q+1. The van der Waals surface area contributed by atoms with Gasteiger partial charge < -0.3 is 0 Å². The van der Waals surface area contributed by atoms with Crippen molar-refractivity contribution in [3.63, 3.8) is 0 Å². The summed E-state index contributed by atoms with van der Waals surface area (Å²) in [6, 6.07) is 17.0. The lowest BCUT2D eigenvalue weighted by molar-refractivity contribution is -0.643. The first-order valence-electron chi connectivity index (χ1n) is 9.43. The Balaban J connectivity index is 1.98. The Morgan fingerprint density at radius 3 is 2.64 bits per heavy atom. The summed E-state index contributed by atoms with van der Waals surface area (Å²) < 4.78 is 6.81. The molecule has 28 heavy (non-hydrogen) atoms. The highest BCUT2D eigenvalue weighted by Crippen LogP contribution is 2.37. The fourth-order valence-electron chi connectivity index (χ4n) is 4.87. The highest BCUT2D eigenvalue weighted by Gasteiger charge is 2.25. The highest BCUT2D eigenvalue weighted by atomic mass is 15.2. The van der Waals surface area contributed by atoms with E-state index in [-0.39, 0.29) is 0 Å². The Morgan fingerprint density at radius 2 is 1.71 bits per heavy atom. The van der Waals surface area contributed by atoms with Crippen molar-refractivity contribution in [1.29, 1.82) is 0 Å². The molecule has 7 aromatic rings. The molecule has 0 atom stereocenters. The quantitative estimate of drug-likeness (QED) is 0.231. The van der Waals surface area contributed by atoms with Crippen molar-refractivity contribution in [2.75, 3.05) is 0 Å². The van der Waals surface area contributed by atoms with Crippen LogP contribution in [0, 0.1) is 6.92 Å². The zero-order chi connectivity index (χ0) is 18.6. The van der Waals surface area contributed by atoms with Gasteiger partial charge in [0.15, 0.2) is 6.20 Å². The summed E-state index contributed by atoms with van der Waals surface area (Å²) in [7, 11) is 2.11. The molecule has 0 aliphatic rings. The van der Waals surface area contributed by atoms with Gasteiger partial charge in [-0.05, 0) is 36.8 Å². The van der Waals surface area contributed by atoms with Crippen LogP contribution in [0.15, 0.2) is 60.9 Å². The van der Waals surface area contributed by atoms with Crippen LogP contribution in [0.4, 0.5) is 0 Å². The molecule has 7 rings (SSSR count). The van der Waals surface area contributed by atoms with Gasteiger partial charge in [-0.25, -0.2) is 9.55 Å². The third-order valence-corrected chi connectivity index (χ3v) is 6.05. The minimum Gasteiger partial charge on any atom is -0.276 e. The van der Waals surface area contributed by atoms with Crippen molar-refractivity contribution in [2.24, 2.45) is 7.05 Å². The van der Waals surface area contributed by atoms with Gasteiger partial charge in [-0.15, -0.1) is 0 Å². The zero-order valence-electron chi connectivity index (χ0n) is 15.5. The summed E-state index contributed by atoms with van der Waals surface area (Å²) in [5.41, 5.74) is 9.19. The maximum Gasteiger partial charge on any atom is 0.226 e. The van der Waals surface area contributed by atoms with E-state index in [1.54, 1.807) is 0 Å². The second-order valence-corrected chi connectivity index (χ2v) is 7.56. The van der Waals surface area contributed by atoms with E-state index in [9.17, 15) is 0 Å². The fourth-order valence-corrected chi connectivity index (χ4v) is 4.87. The third-order valence-electron chi connectivity index (χ3n) is 6.05. The molecule has 0 unspecified atom stereocenters. The molecule has 0 aliphatic heterocycles. The number of imidazole rings is 2. The van der Waals surface area contributed by atoms with Gasteiger partial charge in [0.25, 0.3) is 0 Å². The number of benzene rings is 2. The Kier molecular flexibility index (Phi) is 2.34. The highest BCUT2D eigenvalue weighted by molar-refractivity contribution is 6.20. The number of hydrogen-bond acceptors (Lipinski definition) is 2.